The summed E-state index contributed by atoms with van der Waals surface area (Å²) in [5.74, 6) is -0.442. The monoisotopic (exact) mass is 263 g/mol. The molecule has 2 rings (SSSR count). The van der Waals surface area contributed by atoms with Crippen molar-refractivity contribution in [1.82, 2.24) is 9.97 Å². The van der Waals surface area contributed by atoms with Crippen LogP contribution in [0.3, 0.4) is 0 Å². The molecule has 0 radical (unpaired) electrons. The molecule has 104 valence electrons. The fourth-order valence-corrected chi connectivity index (χ4v) is 2.44. The first-order valence-electron chi connectivity index (χ1n) is 6.77. The van der Waals surface area contributed by atoms with E-state index in [4.69, 9.17) is 5.11 Å². The molecule has 2 heterocycles. The molecule has 0 amide bonds. The summed E-state index contributed by atoms with van der Waals surface area (Å²) in [5.41, 5.74) is 1.11. The number of carboxylic acid groups (broad SMARTS) is 1. The van der Waals surface area contributed by atoms with Crippen LogP contribution in [0.2, 0.25) is 0 Å². The first-order chi connectivity index (χ1) is 8.93. The summed E-state index contributed by atoms with van der Waals surface area (Å²) in [7, 11) is 0. The van der Waals surface area contributed by atoms with E-state index in [1.165, 1.54) is 6.42 Å². The lowest BCUT2D eigenvalue weighted by Crippen LogP contribution is -2.39. The Bertz CT molecular complexity index is 480. The Hall–Kier alpha value is -1.65. The number of hydrogen-bond donors (Lipinski definition) is 1. The van der Waals surface area contributed by atoms with E-state index in [0.29, 0.717) is 11.1 Å². The van der Waals surface area contributed by atoms with Crippen LogP contribution >= 0.6 is 0 Å². The second kappa shape index (κ2) is 5.15. The van der Waals surface area contributed by atoms with Gasteiger partial charge in [-0.2, -0.15) is 0 Å². The zero-order valence-corrected chi connectivity index (χ0v) is 11.8. The molecule has 1 N–H and O–H groups in total. The van der Waals surface area contributed by atoms with Crippen LogP contribution in [0.25, 0.3) is 0 Å². The lowest BCUT2D eigenvalue weighted by molar-refractivity contribution is 0.0683. The topological polar surface area (TPSA) is 66.3 Å². The molecule has 0 aliphatic carbocycles. The zero-order valence-electron chi connectivity index (χ0n) is 11.8. The highest BCUT2D eigenvalue weighted by Crippen LogP contribution is 2.35. The molecule has 0 bridgehead atoms. The minimum atomic E-state index is -1.07. The van der Waals surface area contributed by atoms with Gasteiger partial charge in [0.2, 0.25) is 5.82 Å². The maximum atomic E-state index is 11.0. The third-order valence-corrected chi connectivity index (χ3v) is 4.18. The van der Waals surface area contributed by atoms with E-state index in [1.807, 2.05) is 6.07 Å². The fraction of sp³-hybridized carbons (Fsp3) is 0.643. The molecule has 5 heteroatoms. The van der Waals surface area contributed by atoms with Crippen molar-refractivity contribution in [3.63, 3.8) is 0 Å². The molecule has 0 spiro atoms. The van der Waals surface area contributed by atoms with E-state index in [-0.39, 0.29) is 5.82 Å². The number of anilines is 1. The first-order valence-corrected chi connectivity index (χ1v) is 6.77. The van der Waals surface area contributed by atoms with Crippen LogP contribution in [0.5, 0.6) is 0 Å². The molecule has 1 aliphatic rings. The minimum absolute atomic E-state index is 0.112. The molecule has 1 fully saturated rings. The molecule has 19 heavy (non-hydrogen) atoms. The maximum absolute atomic E-state index is 11.0. The van der Waals surface area contributed by atoms with Crippen LogP contribution in [0.1, 0.15) is 49.4 Å². The average molecular weight is 263 g/mol. The molecule has 0 unspecified atom stereocenters. The van der Waals surface area contributed by atoms with Crippen molar-refractivity contribution in [3.8, 4) is 0 Å². The van der Waals surface area contributed by atoms with Crippen molar-refractivity contribution < 1.29 is 9.90 Å². The number of nitrogens with zero attached hydrogens (tertiary/aromatic N) is 3. The standard InChI is InChI=1S/C14H21N3O2/c1-4-14(3)5-7-17(8-6-14)11-9-10(2)15-12(16-11)13(18)19/h9H,4-8H2,1-3H3,(H,18,19). The highest BCUT2D eigenvalue weighted by molar-refractivity contribution is 5.83. The molecule has 1 aliphatic heterocycles. The molecule has 1 aromatic heterocycles. The van der Waals surface area contributed by atoms with Gasteiger partial charge in [-0.15, -0.1) is 0 Å². The van der Waals surface area contributed by atoms with E-state index in [0.717, 1.165) is 31.7 Å². The Morgan fingerprint density at radius 3 is 2.58 bits per heavy atom. The average Bonchev–Trinajstić information content (AvgIpc) is 2.39. The SMILES string of the molecule is CCC1(C)CCN(c2cc(C)nc(C(=O)O)n2)CC1. The van der Waals surface area contributed by atoms with Gasteiger partial charge in [-0.1, -0.05) is 20.3 Å². The van der Waals surface area contributed by atoms with Crippen LogP contribution in [-0.2, 0) is 0 Å². The van der Waals surface area contributed by atoms with Crippen molar-refractivity contribution in [2.75, 3.05) is 18.0 Å². The number of aryl methyl sites for hydroxylation is 1. The highest BCUT2D eigenvalue weighted by atomic mass is 16.4. The number of hydrogen-bond acceptors (Lipinski definition) is 4. The van der Waals surface area contributed by atoms with Gasteiger partial charge in [-0.05, 0) is 25.2 Å². The number of piperidine rings is 1. The van der Waals surface area contributed by atoms with Crippen molar-refractivity contribution in [1.29, 1.82) is 0 Å². The number of aromatic nitrogens is 2. The highest BCUT2D eigenvalue weighted by Gasteiger charge is 2.29. The van der Waals surface area contributed by atoms with Crippen molar-refractivity contribution in [3.05, 3.63) is 17.6 Å². The summed E-state index contributed by atoms with van der Waals surface area (Å²) in [6.07, 6.45) is 3.42. The predicted octanol–water partition coefficient (Wildman–Crippen LogP) is 2.50. The lowest BCUT2D eigenvalue weighted by Gasteiger charge is -2.39. The lowest BCUT2D eigenvalue weighted by atomic mass is 9.78. The van der Waals surface area contributed by atoms with Gasteiger partial charge < -0.3 is 10.0 Å². The summed E-state index contributed by atoms with van der Waals surface area (Å²) in [6, 6.07) is 1.86. The van der Waals surface area contributed by atoms with Crippen molar-refractivity contribution in [2.24, 2.45) is 5.41 Å². The number of aromatic carboxylic acids is 1. The normalized spacial score (nSPS) is 18.4. The van der Waals surface area contributed by atoms with Gasteiger partial charge in [-0.25, -0.2) is 14.8 Å². The van der Waals surface area contributed by atoms with Crippen LogP contribution in [0, 0.1) is 12.3 Å². The van der Waals surface area contributed by atoms with Crippen molar-refractivity contribution in [2.45, 2.75) is 40.0 Å². The van der Waals surface area contributed by atoms with Gasteiger partial charge in [0.05, 0.1) is 0 Å². The van der Waals surface area contributed by atoms with Gasteiger partial charge >= 0.3 is 5.97 Å². The number of rotatable bonds is 3. The maximum Gasteiger partial charge on any atom is 0.374 e. The second-order valence-corrected chi connectivity index (χ2v) is 5.65. The summed E-state index contributed by atoms with van der Waals surface area (Å²) < 4.78 is 0. The molecular weight excluding hydrogens is 242 g/mol. The zero-order chi connectivity index (χ0) is 14.0. The second-order valence-electron chi connectivity index (χ2n) is 5.65. The first kappa shape index (κ1) is 13.8. The summed E-state index contributed by atoms with van der Waals surface area (Å²) >= 11 is 0. The van der Waals surface area contributed by atoms with E-state index in [2.05, 4.69) is 28.7 Å². The molecule has 0 atom stereocenters. The van der Waals surface area contributed by atoms with Gasteiger partial charge in [0, 0.05) is 24.8 Å². The van der Waals surface area contributed by atoms with Gasteiger partial charge in [0.15, 0.2) is 0 Å². The molecule has 0 aromatic carbocycles. The molecule has 5 nitrogen and oxygen atoms in total. The molecule has 0 saturated carbocycles. The summed E-state index contributed by atoms with van der Waals surface area (Å²) in [5, 5.41) is 9.01. The summed E-state index contributed by atoms with van der Waals surface area (Å²) in [6.45, 7) is 8.21. The Morgan fingerprint density at radius 1 is 1.42 bits per heavy atom. The Balaban J connectivity index is 2.17. The third kappa shape index (κ3) is 3.03. The quantitative estimate of drug-likeness (QED) is 0.907. The Morgan fingerprint density at radius 2 is 2.05 bits per heavy atom. The van der Waals surface area contributed by atoms with Gasteiger partial charge in [0.25, 0.3) is 0 Å². The Kier molecular flexibility index (Phi) is 3.73. The Labute approximate surface area is 113 Å². The van der Waals surface area contributed by atoms with E-state index < -0.39 is 5.97 Å². The van der Waals surface area contributed by atoms with Gasteiger partial charge in [-0.3, -0.25) is 0 Å². The fourth-order valence-electron chi connectivity index (χ4n) is 2.44. The number of carbonyl (C=O) groups is 1. The third-order valence-electron chi connectivity index (χ3n) is 4.18. The van der Waals surface area contributed by atoms with Gasteiger partial charge in [0.1, 0.15) is 5.82 Å². The van der Waals surface area contributed by atoms with Crippen LogP contribution < -0.4 is 4.90 Å². The predicted molar refractivity (Wildman–Crippen MR) is 73.6 cm³/mol. The van der Waals surface area contributed by atoms with Crippen molar-refractivity contribution >= 4 is 11.8 Å². The van der Waals surface area contributed by atoms with E-state index in [1.54, 1.807) is 6.92 Å². The van der Waals surface area contributed by atoms with Crippen LogP contribution in [0.4, 0.5) is 5.82 Å². The molecular formula is C14H21N3O2. The summed E-state index contributed by atoms with van der Waals surface area (Å²) in [4.78, 5) is 21.2. The molecule has 1 saturated heterocycles. The van der Waals surface area contributed by atoms with Crippen LogP contribution in [0.15, 0.2) is 6.07 Å². The van der Waals surface area contributed by atoms with Crippen LogP contribution in [-0.4, -0.2) is 34.1 Å². The minimum Gasteiger partial charge on any atom is -0.475 e. The smallest absolute Gasteiger partial charge is 0.374 e. The van der Waals surface area contributed by atoms with E-state index in [9.17, 15) is 4.79 Å². The molecule has 1 aromatic rings. The largest absolute Gasteiger partial charge is 0.475 e. The number of carboxylic acids is 1. The van der Waals surface area contributed by atoms with E-state index >= 15 is 0 Å².